The molecular formula is C4H9NO3. The number of hydrogen-bond donors (Lipinski definition) is 0. The summed E-state index contributed by atoms with van der Waals surface area (Å²) in [6, 6.07) is 0. The van der Waals surface area contributed by atoms with E-state index in [9.17, 15) is 10.1 Å². The summed E-state index contributed by atoms with van der Waals surface area (Å²) in [7, 11) is 0. The maximum Gasteiger partial charge on any atom is 0.294 e. The van der Waals surface area contributed by atoms with Gasteiger partial charge in [-0.2, -0.15) is 0 Å². The van der Waals surface area contributed by atoms with Crippen LogP contribution in [0.2, 0.25) is 0 Å². The van der Waals surface area contributed by atoms with Gasteiger partial charge >= 0.3 is 0 Å². The number of nitrogens with zero attached hydrogens (tertiary/aromatic N) is 1. The van der Waals surface area contributed by atoms with Gasteiger partial charge < -0.3 is 4.84 Å². The average Bonchev–Trinajstić information content (AvgIpc) is 1.61. The monoisotopic (exact) mass is 119 g/mol. The Bertz CT molecular complexity index is 81.4. The fourth-order valence-corrected chi connectivity index (χ4v) is 0.210. The zero-order chi connectivity index (χ0) is 6.57. The Morgan fingerprint density at radius 1 is 1.75 bits per heavy atom. The van der Waals surface area contributed by atoms with Crippen LogP contribution in [0.3, 0.4) is 0 Å². The average molecular weight is 119 g/mol. The minimum atomic E-state index is -0.778. The molecule has 0 spiro atoms. The van der Waals surface area contributed by atoms with Crippen molar-refractivity contribution in [3.05, 3.63) is 10.1 Å². The maximum absolute atomic E-state index is 9.49. The Labute approximate surface area is 47.6 Å². The molecule has 0 aromatic rings. The summed E-state index contributed by atoms with van der Waals surface area (Å²) in [6.07, 6.45) is 0. The molecule has 4 nitrogen and oxygen atoms in total. The first kappa shape index (κ1) is 7.20. The largest absolute Gasteiger partial charge is 0.314 e. The molecule has 0 aliphatic carbocycles. The Balaban J connectivity index is 3.05. The van der Waals surface area contributed by atoms with E-state index in [1.807, 2.05) is 13.8 Å². The standard InChI is InChI=1S/C4H9NO3/c1-4(2)3-8-5(6)7/h4H,3H2,1-2H3. The quantitative estimate of drug-likeness (QED) is 0.408. The molecule has 48 valence electrons. The van der Waals surface area contributed by atoms with Crippen LogP contribution in [0.4, 0.5) is 0 Å². The molecule has 0 atom stereocenters. The summed E-state index contributed by atoms with van der Waals surface area (Å²) < 4.78 is 0. The number of hydrogen-bond acceptors (Lipinski definition) is 3. The van der Waals surface area contributed by atoms with Crippen molar-refractivity contribution in [3.8, 4) is 0 Å². The third-order valence-electron chi connectivity index (χ3n) is 0.513. The van der Waals surface area contributed by atoms with E-state index in [1.54, 1.807) is 0 Å². The van der Waals surface area contributed by atoms with Crippen LogP contribution in [0.5, 0.6) is 0 Å². The van der Waals surface area contributed by atoms with Gasteiger partial charge in [0.1, 0.15) is 0 Å². The van der Waals surface area contributed by atoms with Gasteiger partial charge in [0.15, 0.2) is 0 Å². The minimum Gasteiger partial charge on any atom is -0.314 e. The topological polar surface area (TPSA) is 52.4 Å². The third kappa shape index (κ3) is 5.20. The lowest BCUT2D eigenvalue weighted by Crippen LogP contribution is -2.06. The van der Waals surface area contributed by atoms with Crippen molar-refractivity contribution in [2.24, 2.45) is 5.92 Å². The van der Waals surface area contributed by atoms with Crippen molar-refractivity contribution >= 4 is 0 Å². The first-order valence-electron chi connectivity index (χ1n) is 2.40. The fourth-order valence-electron chi connectivity index (χ4n) is 0.210. The highest BCUT2D eigenvalue weighted by molar-refractivity contribution is 4.34. The Morgan fingerprint density at radius 3 is 2.38 bits per heavy atom. The van der Waals surface area contributed by atoms with E-state index in [0.29, 0.717) is 0 Å². The maximum atomic E-state index is 9.49. The lowest BCUT2D eigenvalue weighted by molar-refractivity contribution is -0.759. The van der Waals surface area contributed by atoms with Crippen LogP contribution in [0.15, 0.2) is 0 Å². The van der Waals surface area contributed by atoms with E-state index in [0.717, 1.165) is 0 Å². The molecule has 0 aliphatic heterocycles. The summed E-state index contributed by atoms with van der Waals surface area (Å²) in [6.45, 7) is 3.89. The molecule has 0 aromatic heterocycles. The molecule has 0 heterocycles. The highest BCUT2D eigenvalue weighted by Gasteiger charge is 1.96. The van der Waals surface area contributed by atoms with Crippen LogP contribution in [0.25, 0.3) is 0 Å². The van der Waals surface area contributed by atoms with Crippen LogP contribution in [0.1, 0.15) is 13.8 Å². The predicted octanol–water partition coefficient (Wildman–Crippen LogP) is 0.851. The molecule has 0 fully saturated rings. The smallest absolute Gasteiger partial charge is 0.294 e. The van der Waals surface area contributed by atoms with Gasteiger partial charge in [0.05, 0.1) is 6.61 Å². The Morgan fingerprint density at radius 2 is 2.25 bits per heavy atom. The van der Waals surface area contributed by atoms with Crippen molar-refractivity contribution < 1.29 is 9.92 Å². The molecule has 0 rings (SSSR count). The van der Waals surface area contributed by atoms with Crippen LogP contribution in [0, 0.1) is 16.0 Å². The molecule has 8 heavy (non-hydrogen) atoms. The zero-order valence-corrected chi connectivity index (χ0v) is 4.96. The third-order valence-corrected chi connectivity index (χ3v) is 0.513. The van der Waals surface area contributed by atoms with Gasteiger partial charge in [-0.3, -0.25) is 0 Å². The lowest BCUT2D eigenvalue weighted by Gasteiger charge is -1.99. The summed E-state index contributed by atoms with van der Waals surface area (Å²) >= 11 is 0. The number of rotatable bonds is 3. The highest BCUT2D eigenvalue weighted by Crippen LogP contribution is 1.90. The van der Waals surface area contributed by atoms with E-state index in [2.05, 4.69) is 4.84 Å². The normalized spacial score (nSPS) is 9.38. The van der Waals surface area contributed by atoms with Gasteiger partial charge in [-0.05, 0) is 5.92 Å². The molecule has 0 aromatic carbocycles. The van der Waals surface area contributed by atoms with Gasteiger partial charge in [0.25, 0.3) is 5.09 Å². The fraction of sp³-hybridized carbons (Fsp3) is 1.00. The molecule has 0 N–H and O–H groups in total. The van der Waals surface area contributed by atoms with E-state index in [-0.39, 0.29) is 12.5 Å². The van der Waals surface area contributed by atoms with Crippen LogP contribution in [-0.4, -0.2) is 11.7 Å². The van der Waals surface area contributed by atoms with Crippen molar-refractivity contribution in [1.29, 1.82) is 0 Å². The van der Waals surface area contributed by atoms with Crippen molar-refractivity contribution in [2.45, 2.75) is 13.8 Å². The molecule has 0 saturated carbocycles. The van der Waals surface area contributed by atoms with E-state index >= 15 is 0 Å². The van der Waals surface area contributed by atoms with Gasteiger partial charge in [-0.15, -0.1) is 10.1 Å². The lowest BCUT2D eigenvalue weighted by atomic mass is 10.2. The second-order valence-corrected chi connectivity index (χ2v) is 1.91. The minimum absolute atomic E-state index is 0.188. The van der Waals surface area contributed by atoms with E-state index in [4.69, 9.17) is 0 Å². The van der Waals surface area contributed by atoms with Crippen LogP contribution in [-0.2, 0) is 4.84 Å². The summed E-state index contributed by atoms with van der Waals surface area (Å²) in [5.74, 6) is 0.223. The first-order chi connectivity index (χ1) is 3.63. The molecule has 0 radical (unpaired) electrons. The SMILES string of the molecule is CC(C)CO[N+](=O)[O-]. The molecular weight excluding hydrogens is 110 g/mol. The molecule has 4 heteroatoms. The summed E-state index contributed by atoms with van der Waals surface area (Å²) in [5, 5.41) is 8.71. The Hall–Kier alpha value is -0.800. The van der Waals surface area contributed by atoms with Gasteiger partial charge in [-0.1, -0.05) is 13.8 Å². The molecule has 0 aliphatic rings. The summed E-state index contributed by atoms with van der Waals surface area (Å²) in [5.41, 5.74) is 0. The second-order valence-electron chi connectivity index (χ2n) is 1.91. The zero-order valence-electron chi connectivity index (χ0n) is 4.96. The molecule has 0 bridgehead atoms. The molecule has 0 amide bonds. The molecule has 0 saturated heterocycles. The van der Waals surface area contributed by atoms with Crippen molar-refractivity contribution in [1.82, 2.24) is 0 Å². The second kappa shape index (κ2) is 3.23. The summed E-state index contributed by atoms with van der Waals surface area (Å²) in [4.78, 5) is 13.5. The van der Waals surface area contributed by atoms with Crippen molar-refractivity contribution in [2.75, 3.05) is 6.61 Å². The molecule has 0 unspecified atom stereocenters. The van der Waals surface area contributed by atoms with Crippen LogP contribution >= 0.6 is 0 Å². The Kier molecular flexibility index (Phi) is 2.91. The van der Waals surface area contributed by atoms with Crippen LogP contribution < -0.4 is 0 Å². The van der Waals surface area contributed by atoms with E-state index < -0.39 is 5.09 Å². The van der Waals surface area contributed by atoms with Crippen molar-refractivity contribution in [3.63, 3.8) is 0 Å². The van der Waals surface area contributed by atoms with Gasteiger partial charge in [0, 0.05) is 0 Å². The first-order valence-corrected chi connectivity index (χ1v) is 2.40. The van der Waals surface area contributed by atoms with E-state index in [1.165, 1.54) is 0 Å². The highest BCUT2D eigenvalue weighted by atomic mass is 16.9. The van der Waals surface area contributed by atoms with Gasteiger partial charge in [0.2, 0.25) is 0 Å². The van der Waals surface area contributed by atoms with Gasteiger partial charge in [-0.25, -0.2) is 0 Å². The predicted molar refractivity (Wildman–Crippen MR) is 27.8 cm³/mol.